The Morgan fingerprint density at radius 2 is 1.96 bits per heavy atom. The van der Waals surface area contributed by atoms with Crippen molar-refractivity contribution >= 4 is 11.9 Å². The molecule has 7 heteroatoms. The number of hydrogen-bond donors (Lipinski definition) is 1. The van der Waals surface area contributed by atoms with Gasteiger partial charge in [-0.25, -0.2) is 9.97 Å². The first kappa shape index (κ1) is 14.9. The molecule has 2 fully saturated rings. The Morgan fingerprint density at radius 1 is 1.12 bits per heavy atom. The van der Waals surface area contributed by atoms with Crippen LogP contribution in [0.4, 0.5) is 5.95 Å². The van der Waals surface area contributed by atoms with Crippen LogP contribution in [0.3, 0.4) is 0 Å². The second-order valence-corrected chi connectivity index (χ2v) is 6.46. The highest BCUT2D eigenvalue weighted by molar-refractivity contribution is 5.85. The number of nitrogens with zero attached hydrogens (tertiary/aromatic N) is 4. The van der Waals surface area contributed by atoms with Gasteiger partial charge in [-0.15, -0.1) is 0 Å². The summed E-state index contributed by atoms with van der Waals surface area (Å²) in [6, 6.07) is 5.00. The maximum atomic E-state index is 12.2. The topological polar surface area (TPSA) is 80.1 Å². The Kier molecular flexibility index (Phi) is 3.55. The molecule has 2 aliphatic heterocycles. The lowest BCUT2D eigenvalue weighted by Crippen LogP contribution is -2.47. The van der Waals surface area contributed by atoms with Crippen molar-refractivity contribution in [2.24, 2.45) is 5.41 Å². The summed E-state index contributed by atoms with van der Waals surface area (Å²) in [5, 5.41) is 2.94. The van der Waals surface area contributed by atoms with E-state index >= 15 is 0 Å². The number of rotatable bonds is 2. The van der Waals surface area contributed by atoms with E-state index in [4.69, 9.17) is 0 Å². The predicted octanol–water partition coefficient (Wildman–Crippen LogP) is 0.734. The maximum absolute atomic E-state index is 12.2. The Morgan fingerprint density at radius 3 is 2.67 bits per heavy atom. The lowest BCUT2D eigenvalue weighted by atomic mass is 9.78. The number of carbonyl (C=O) groups excluding carboxylic acids is 1. The van der Waals surface area contributed by atoms with E-state index in [1.54, 1.807) is 30.7 Å². The van der Waals surface area contributed by atoms with Gasteiger partial charge in [-0.1, -0.05) is 6.07 Å². The molecule has 4 heterocycles. The summed E-state index contributed by atoms with van der Waals surface area (Å²) in [6.45, 7) is 2.26. The predicted molar refractivity (Wildman–Crippen MR) is 89.1 cm³/mol. The fourth-order valence-corrected chi connectivity index (χ4v) is 3.65. The standard InChI is InChI=1S/C17H19N5O2/c23-14-4-1-2-9-22(14)13-10-19-16(20-11-13)21-8-3-5-17(12-21)6-7-18-15(17)24/h1-2,4,9-11H,3,5-8,12H2,(H,18,24). The Bertz CT molecular complexity index is 816. The van der Waals surface area contributed by atoms with Crippen molar-refractivity contribution in [3.05, 3.63) is 47.1 Å². The summed E-state index contributed by atoms with van der Waals surface area (Å²) >= 11 is 0. The molecule has 7 nitrogen and oxygen atoms in total. The van der Waals surface area contributed by atoms with E-state index < -0.39 is 0 Å². The van der Waals surface area contributed by atoms with E-state index in [9.17, 15) is 9.59 Å². The molecule has 1 atom stereocenters. The Labute approximate surface area is 139 Å². The zero-order chi connectivity index (χ0) is 16.6. The molecule has 1 amide bonds. The summed E-state index contributed by atoms with van der Waals surface area (Å²) < 4.78 is 1.51. The van der Waals surface area contributed by atoms with E-state index in [0.29, 0.717) is 18.2 Å². The number of pyridine rings is 1. The number of piperidine rings is 1. The zero-order valence-electron chi connectivity index (χ0n) is 13.3. The second-order valence-electron chi connectivity index (χ2n) is 6.46. The fourth-order valence-electron chi connectivity index (χ4n) is 3.65. The smallest absolute Gasteiger partial charge is 0.255 e. The van der Waals surface area contributed by atoms with Gasteiger partial charge in [0.15, 0.2) is 0 Å². The molecule has 0 bridgehead atoms. The molecule has 1 N–H and O–H groups in total. The van der Waals surface area contributed by atoms with Crippen molar-refractivity contribution in [1.29, 1.82) is 0 Å². The van der Waals surface area contributed by atoms with Crippen LogP contribution < -0.4 is 15.8 Å². The average molecular weight is 325 g/mol. The van der Waals surface area contributed by atoms with Gasteiger partial charge >= 0.3 is 0 Å². The first-order valence-electron chi connectivity index (χ1n) is 8.21. The molecule has 0 aromatic carbocycles. The molecule has 2 aliphatic rings. The molecule has 2 aromatic rings. The molecule has 0 radical (unpaired) electrons. The van der Waals surface area contributed by atoms with Gasteiger partial charge in [0, 0.05) is 31.9 Å². The van der Waals surface area contributed by atoms with Gasteiger partial charge in [-0.05, 0) is 25.3 Å². The molecular formula is C17H19N5O2. The van der Waals surface area contributed by atoms with Crippen molar-refractivity contribution in [3.63, 3.8) is 0 Å². The number of aromatic nitrogens is 3. The Balaban J connectivity index is 1.58. The minimum absolute atomic E-state index is 0.117. The van der Waals surface area contributed by atoms with Gasteiger partial charge in [0.25, 0.3) is 5.56 Å². The van der Waals surface area contributed by atoms with Gasteiger partial charge in [0.2, 0.25) is 11.9 Å². The first-order chi connectivity index (χ1) is 11.7. The van der Waals surface area contributed by atoms with E-state index in [0.717, 1.165) is 32.4 Å². The highest BCUT2D eigenvalue weighted by atomic mass is 16.2. The van der Waals surface area contributed by atoms with Crippen molar-refractivity contribution < 1.29 is 4.79 Å². The monoisotopic (exact) mass is 325 g/mol. The van der Waals surface area contributed by atoms with Crippen molar-refractivity contribution in [2.75, 3.05) is 24.5 Å². The second kappa shape index (κ2) is 5.74. The average Bonchev–Trinajstić information content (AvgIpc) is 2.95. The molecule has 124 valence electrons. The van der Waals surface area contributed by atoms with E-state index in [1.807, 2.05) is 0 Å². The molecule has 0 aliphatic carbocycles. The molecule has 4 rings (SSSR count). The number of hydrogen-bond acceptors (Lipinski definition) is 5. The molecule has 1 unspecified atom stereocenters. The van der Waals surface area contributed by atoms with Crippen LogP contribution in [0.1, 0.15) is 19.3 Å². The molecule has 1 spiro atoms. The summed E-state index contributed by atoms with van der Waals surface area (Å²) in [4.78, 5) is 35.0. The molecule has 2 aromatic heterocycles. The lowest BCUT2D eigenvalue weighted by Gasteiger charge is -2.38. The Hall–Kier alpha value is -2.70. The van der Waals surface area contributed by atoms with Crippen molar-refractivity contribution in [3.8, 4) is 5.69 Å². The normalized spacial score (nSPS) is 23.5. The van der Waals surface area contributed by atoms with Crippen molar-refractivity contribution in [2.45, 2.75) is 19.3 Å². The van der Waals surface area contributed by atoms with Crippen LogP contribution in [0.15, 0.2) is 41.6 Å². The summed E-state index contributed by atoms with van der Waals surface area (Å²) in [5.74, 6) is 0.765. The molecule has 24 heavy (non-hydrogen) atoms. The highest BCUT2D eigenvalue weighted by Gasteiger charge is 2.45. The van der Waals surface area contributed by atoms with Crippen LogP contribution in [0.25, 0.3) is 5.69 Å². The third kappa shape index (κ3) is 2.46. The van der Waals surface area contributed by atoms with E-state index in [2.05, 4.69) is 20.2 Å². The van der Waals surface area contributed by atoms with Crippen LogP contribution in [0.2, 0.25) is 0 Å². The first-order valence-corrected chi connectivity index (χ1v) is 8.21. The molecule has 0 saturated carbocycles. The highest BCUT2D eigenvalue weighted by Crippen LogP contribution is 2.37. The SMILES string of the molecule is O=C1NCCC12CCCN(c1ncc(-n3ccccc3=O)cn1)C2. The summed E-state index contributed by atoms with van der Waals surface area (Å²) in [6.07, 6.45) is 7.75. The van der Waals surface area contributed by atoms with Gasteiger partial charge in [-0.2, -0.15) is 0 Å². The van der Waals surface area contributed by atoms with Crippen LogP contribution in [-0.2, 0) is 4.79 Å². The summed E-state index contributed by atoms with van der Waals surface area (Å²) in [5.41, 5.74) is 0.222. The lowest BCUT2D eigenvalue weighted by molar-refractivity contribution is -0.128. The number of carbonyl (C=O) groups is 1. The third-order valence-electron chi connectivity index (χ3n) is 4.96. The van der Waals surface area contributed by atoms with E-state index in [-0.39, 0.29) is 16.9 Å². The minimum Gasteiger partial charge on any atom is -0.356 e. The van der Waals surface area contributed by atoms with Crippen LogP contribution in [0, 0.1) is 5.41 Å². The van der Waals surface area contributed by atoms with Gasteiger partial charge < -0.3 is 10.2 Å². The van der Waals surface area contributed by atoms with Gasteiger partial charge in [-0.3, -0.25) is 14.2 Å². The number of amides is 1. The third-order valence-corrected chi connectivity index (χ3v) is 4.96. The van der Waals surface area contributed by atoms with Gasteiger partial charge in [0.1, 0.15) is 0 Å². The maximum Gasteiger partial charge on any atom is 0.255 e. The number of nitrogens with one attached hydrogen (secondary N) is 1. The van der Waals surface area contributed by atoms with Crippen LogP contribution >= 0.6 is 0 Å². The quantitative estimate of drug-likeness (QED) is 0.881. The summed E-state index contributed by atoms with van der Waals surface area (Å²) in [7, 11) is 0. The fraction of sp³-hybridized carbons (Fsp3) is 0.412. The van der Waals surface area contributed by atoms with Crippen LogP contribution in [0.5, 0.6) is 0 Å². The largest absolute Gasteiger partial charge is 0.356 e. The van der Waals surface area contributed by atoms with Crippen molar-refractivity contribution in [1.82, 2.24) is 19.9 Å². The van der Waals surface area contributed by atoms with Crippen LogP contribution in [-0.4, -0.2) is 40.1 Å². The van der Waals surface area contributed by atoms with E-state index in [1.165, 1.54) is 10.6 Å². The zero-order valence-corrected chi connectivity index (χ0v) is 13.3. The number of anilines is 1. The van der Waals surface area contributed by atoms with Gasteiger partial charge in [0.05, 0.1) is 23.5 Å². The molecular weight excluding hydrogens is 306 g/mol. The minimum atomic E-state index is -0.295. The molecule has 2 saturated heterocycles.